The van der Waals surface area contributed by atoms with Gasteiger partial charge in [-0.25, -0.2) is 0 Å². The fourth-order valence-corrected chi connectivity index (χ4v) is 7.09. The topological polar surface area (TPSA) is 0 Å². The molecule has 0 fully saturated rings. The molecule has 0 saturated heterocycles. The Bertz CT molecular complexity index is 1790. The van der Waals surface area contributed by atoms with Crippen molar-refractivity contribution in [2.75, 3.05) is 0 Å². The van der Waals surface area contributed by atoms with Crippen molar-refractivity contribution in [1.29, 1.82) is 0 Å². The van der Waals surface area contributed by atoms with Crippen LogP contribution in [-0.4, -0.2) is 9.52 Å². The van der Waals surface area contributed by atoms with Crippen LogP contribution in [0.4, 0.5) is 0 Å². The Kier molecular flexibility index (Phi) is 17.0. The Morgan fingerprint density at radius 2 is 0.840 bits per heavy atom. The van der Waals surface area contributed by atoms with E-state index in [2.05, 4.69) is 167 Å². The zero-order valence-corrected chi connectivity index (χ0v) is 37.4. The van der Waals surface area contributed by atoms with Crippen molar-refractivity contribution in [2.45, 2.75) is 95.2 Å². The third-order valence-corrected chi connectivity index (χ3v) is 8.63. The number of benzene rings is 4. The number of hydrogen-bond acceptors (Lipinski definition) is 0. The van der Waals surface area contributed by atoms with E-state index in [9.17, 15) is 0 Å². The number of aryl methyl sites for hydroxylation is 6. The van der Waals surface area contributed by atoms with Gasteiger partial charge >= 0.3 is 37.9 Å². The van der Waals surface area contributed by atoms with Gasteiger partial charge in [0.15, 0.2) is 0 Å². The van der Waals surface area contributed by atoms with E-state index in [1.807, 2.05) is 0 Å². The molecule has 4 heteroatoms. The van der Waals surface area contributed by atoms with Crippen LogP contribution in [-0.2, 0) is 33.7 Å². The maximum atomic E-state index is 4.93. The van der Waals surface area contributed by atoms with Crippen LogP contribution in [0.1, 0.15) is 72.2 Å². The van der Waals surface area contributed by atoms with E-state index in [-0.39, 0.29) is 0 Å². The summed E-state index contributed by atoms with van der Waals surface area (Å²) in [5.41, 5.74) is 16.5. The molecule has 0 aliphatic carbocycles. The molecule has 0 bridgehead atoms. The molecule has 0 amide bonds. The summed E-state index contributed by atoms with van der Waals surface area (Å²) in [4.78, 5) is 0. The van der Waals surface area contributed by atoms with E-state index in [1.54, 1.807) is 0 Å². The molecular formula is C46H56Cl2SiZr. The third-order valence-electron chi connectivity index (χ3n) is 8.63. The molecule has 0 atom stereocenters. The second kappa shape index (κ2) is 20.1. The minimum atomic E-state index is -0.826. The first-order valence-corrected chi connectivity index (χ1v) is 26.1. The molecule has 0 spiro atoms. The van der Waals surface area contributed by atoms with Gasteiger partial charge in [-0.1, -0.05) is 122 Å². The molecule has 0 nitrogen and oxygen atoms in total. The normalized spacial score (nSPS) is 10.7. The van der Waals surface area contributed by atoms with Crippen molar-refractivity contribution in [3.05, 3.63) is 129 Å². The van der Waals surface area contributed by atoms with Crippen molar-refractivity contribution < 1.29 is 20.8 Å². The van der Waals surface area contributed by atoms with E-state index in [4.69, 9.17) is 17.0 Å². The van der Waals surface area contributed by atoms with Gasteiger partial charge in [-0.15, -0.1) is 69.1 Å². The summed E-state index contributed by atoms with van der Waals surface area (Å²) < 4.78 is 0. The zero-order chi connectivity index (χ0) is 37.1. The van der Waals surface area contributed by atoms with Crippen molar-refractivity contribution in [3.8, 4) is 22.3 Å². The van der Waals surface area contributed by atoms with Crippen LogP contribution in [0.5, 0.6) is 0 Å². The van der Waals surface area contributed by atoms with Crippen molar-refractivity contribution in [1.82, 2.24) is 0 Å². The molecule has 0 saturated carbocycles. The first-order chi connectivity index (χ1) is 23.7. The van der Waals surface area contributed by atoms with Crippen molar-refractivity contribution in [2.24, 2.45) is 11.8 Å². The summed E-state index contributed by atoms with van der Waals surface area (Å²) in [5, 5.41) is 5.55. The predicted molar refractivity (Wildman–Crippen MR) is 225 cm³/mol. The average molecular weight is 799 g/mol. The standard InChI is InChI=1S/2C22H25.C2H6Si.2ClH.Zr/c2*1-14(2)8-18-12-19-7-6-17(5)22(21(19)13-18)20-10-15(3)9-16(4)11-20;1-3-2;;;/h2*6-7,9-14H,8H2,1-5H3;1-2H3;2*1H;/q2*-1;;;;+4/p-2. The molecule has 2 radical (unpaired) electrons. The van der Waals surface area contributed by atoms with Crippen LogP contribution in [0.2, 0.25) is 13.1 Å². The fourth-order valence-electron chi connectivity index (χ4n) is 7.09. The molecule has 262 valence electrons. The Hall–Kier alpha value is -2.22. The van der Waals surface area contributed by atoms with E-state index >= 15 is 0 Å². The number of rotatable bonds is 6. The monoisotopic (exact) mass is 796 g/mol. The Balaban J connectivity index is 0.000000234. The van der Waals surface area contributed by atoms with Gasteiger partial charge in [0.1, 0.15) is 0 Å². The van der Waals surface area contributed by atoms with Gasteiger partial charge in [0, 0.05) is 9.52 Å². The quantitative estimate of drug-likeness (QED) is 0.116. The second-order valence-corrected chi connectivity index (χ2v) is 19.5. The Labute approximate surface area is 325 Å². The summed E-state index contributed by atoms with van der Waals surface area (Å²) >= 11 is -0.826. The van der Waals surface area contributed by atoms with Crippen LogP contribution in [0.3, 0.4) is 0 Å². The van der Waals surface area contributed by atoms with Crippen LogP contribution in [0.15, 0.2) is 84.9 Å². The zero-order valence-electron chi connectivity index (χ0n) is 32.4. The summed E-state index contributed by atoms with van der Waals surface area (Å²) in [6.45, 7) is 26.6. The van der Waals surface area contributed by atoms with Gasteiger partial charge in [0.2, 0.25) is 0 Å². The van der Waals surface area contributed by atoms with Gasteiger partial charge in [0.25, 0.3) is 0 Å². The second-order valence-electron chi connectivity index (χ2n) is 14.8. The van der Waals surface area contributed by atoms with Gasteiger partial charge in [-0.2, -0.15) is 12.1 Å². The molecule has 0 N–H and O–H groups in total. The Morgan fingerprint density at radius 1 is 0.540 bits per heavy atom. The Morgan fingerprint density at radius 3 is 1.12 bits per heavy atom. The van der Waals surface area contributed by atoms with E-state index in [1.165, 1.54) is 88.3 Å². The van der Waals surface area contributed by atoms with E-state index < -0.39 is 20.8 Å². The number of fused-ring (bicyclic) bond motifs is 2. The summed E-state index contributed by atoms with van der Waals surface area (Å²) in [6, 6.07) is 32.3. The number of halogens is 2. The first kappa shape index (κ1) is 42.2. The van der Waals surface area contributed by atoms with Gasteiger partial charge in [-0.05, 0) is 77.3 Å². The minimum absolute atomic E-state index is 0.697. The SMILES string of the molecule is C[Si]C.Cc1cc(C)cc(-c2c(C)ccc3[cH-]c(CC(C)C)cc23)c1.Cc1cc(C)cc(-c2c(C)ccc3[cH-]c(CC(C)C)cc23)c1.[Cl][Zr+2][Cl]. The van der Waals surface area contributed by atoms with Crippen molar-refractivity contribution >= 4 is 48.1 Å². The van der Waals surface area contributed by atoms with Gasteiger partial charge in [0.05, 0.1) is 0 Å². The predicted octanol–water partition coefficient (Wildman–Crippen LogP) is 14.9. The molecule has 0 aromatic heterocycles. The molecular weight excluding hydrogens is 743 g/mol. The molecule has 0 aliphatic heterocycles. The van der Waals surface area contributed by atoms with E-state index in [0.717, 1.165) is 22.4 Å². The van der Waals surface area contributed by atoms with Crippen LogP contribution in [0.25, 0.3) is 43.8 Å². The molecule has 0 aliphatic rings. The van der Waals surface area contributed by atoms with Crippen LogP contribution < -0.4 is 0 Å². The first-order valence-electron chi connectivity index (χ1n) is 17.8. The third kappa shape index (κ3) is 11.9. The molecule has 6 aromatic carbocycles. The molecule has 50 heavy (non-hydrogen) atoms. The molecule has 6 rings (SSSR count). The van der Waals surface area contributed by atoms with E-state index in [0.29, 0.717) is 11.8 Å². The molecule has 0 heterocycles. The maximum absolute atomic E-state index is 4.93. The van der Waals surface area contributed by atoms with Crippen molar-refractivity contribution in [3.63, 3.8) is 0 Å². The fraction of sp³-hybridized carbons (Fsp3) is 0.348. The van der Waals surface area contributed by atoms with Crippen LogP contribution >= 0.6 is 17.0 Å². The molecule has 6 aromatic rings. The summed E-state index contributed by atoms with van der Waals surface area (Å²) in [6.07, 6.45) is 2.31. The number of hydrogen-bond donors (Lipinski definition) is 0. The summed E-state index contributed by atoms with van der Waals surface area (Å²) in [7, 11) is 11.0. The summed E-state index contributed by atoms with van der Waals surface area (Å²) in [5.74, 6) is 1.39. The molecule has 0 unspecified atom stereocenters. The average Bonchev–Trinajstić information content (AvgIpc) is 3.59. The van der Waals surface area contributed by atoms with Crippen LogP contribution in [0, 0.1) is 53.4 Å². The van der Waals surface area contributed by atoms with Gasteiger partial charge < -0.3 is 0 Å². The van der Waals surface area contributed by atoms with Gasteiger partial charge in [-0.3, -0.25) is 0 Å².